The number of carbonyl (C=O) groups excluding carboxylic acids is 1. The predicted octanol–water partition coefficient (Wildman–Crippen LogP) is 2.94. The van der Waals surface area contributed by atoms with Gasteiger partial charge in [-0.2, -0.15) is 5.10 Å². The predicted molar refractivity (Wildman–Crippen MR) is 93.5 cm³/mol. The van der Waals surface area contributed by atoms with E-state index in [1.54, 1.807) is 10.9 Å². The van der Waals surface area contributed by atoms with Gasteiger partial charge in [-0.15, -0.1) is 0 Å². The molecule has 1 N–H and O–H groups in total. The topological polar surface area (TPSA) is 75.4 Å². The van der Waals surface area contributed by atoms with Gasteiger partial charge < -0.3 is 10.0 Å². The number of likely N-dealkylation sites (tertiary alicyclic amines) is 1. The van der Waals surface area contributed by atoms with Gasteiger partial charge in [-0.25, -0.2) is 4.79 Å². The van der Waals surface area contributed by atoms with E-state index in [4.69, 9.17) is 5.11 Å². The molecule has 0 saturated carbocycles. The van der Waals surface area contributed by atoms with E-state index in [1.807, 2.05) is 42.2 Å². The fourth-order valence-electron chi connectivity index (χ4n) is 3.46. The molecule has 0 aliphatic carbocycles. The average Bonchev–Trinajstić information content (AvgIpc) is 3.14. The standard InChI is InChI=1S/C19H23N3O3/c1-2-17(14-6-4-3-5-7-14)18(23)21-10-8-16(9-11-21)22-13-15(12-20-22)19(24)25/h3-7,12-13,16-17H,2,8-11H2,1H3,(H,24,25). The van der Waals surface area contributed by atoms with Gasteiger partial charge in [0.15, 0.2) is 0 Å². The molecule has 0 bridgehead atoms. The van der Waals surface area contributed by atoms with E-state index >= 15 is 0 Å². The van der Waals surface area contributed by atoms with Crippen LogP contribution in [-0.4, -0.2) is 44.8 Å². The Labute approximate surface area is 147 Å². The molecule has 1 fully saturated rings. The van der Waals surface area contributed by atoms with E-state index < -0.39 is 5.97 Å². The Hall–Kier alpha value is -2.63. The number of amides is 1. The Morgan fingerprint density at radius 2 is 1.92 bits per heavy atom. The zero-order valence-electron chi connectivity index (χ0n) is 14.3. The van der Waals surface area contributed by atoms with Gasteiger partial charge in [-0.05, 0) is 24.8 Å². The number of carboxylic acids is 1. The van der Waals surface area contributed by atoms with Crippen molar-refractivity contribution in [1.82, 2.24) is 14.7 Å². The molecule has 2 heterocycles. The molecule has 2 aromatic rings. The Bertz CT molecular complexity index is 733. The minimum Gasteiger partial charge on any atom is -0.478 e. The number of piperidine rings is 1. The van der Waals surface area contributed by atoms with Gasteiger partial charge in [-0.1, -0.05) is 37.3 Å². The molecule has 6 heteroatoms. The van der Waals surface area contributed by atoms with Gasteiger partial charge in [0.05, 0.1) is 23.7 Å². The minimum absolute atomic E-state index is 0.0962. The molecule has 1 aromatic heterocycles. The lowest BCUT2D eigenvalue weighted by Gasteiger charge is -2.34. The van der Waals surface area contributed by atoms with Crippen molar-refractivity contribution in [1.29, 1.82) is 0 Å². The van der Waals surface area contributed by atoms with Crippen molar-refractivity contribution in [2.45, 2.75) is 38.1 Å². The maximum Gasteiger partial charge on any atom is 0.338 e. The molecule has 1 aliphatic heterocycles. The van der Waals surface area contributed by atoms with Crippen LogP contribution >= 0.6 is 0 Å². The van der Waals surface area contributed by atoms with Crippen LogP contribution in [0.3, 0.4) is 0 Å². The lowest BCUT2D eigenvalue weighted by molar-refractivity contribution is -0.134. The quantitative estimate of drug-likeness (QED) is 0.907. The van der Waals surface area contributed by atoms with Crippen molar-refractivity contribution < 1.29 is 14.7 Å². The highest BCUT2D eigenvalue weighted by Crippen LogP contribution is 2.27. The van der Waals surface area contributed by atoms with E-state index in [-0.39, 0.29) is 23.4 Å². The van der Waals surface area contributed by atoms with E-state index in [2.05, 4.69) is 5.10 Å². The Kier molecular flexibility index (Phi) is 5.16. The third kappa shape index (κ3) is 3.73. The van der Waals surface area contributed by atoms with Crippen molar-refractivity contribution in [3.8, 4) is 0 Å². The highest BCUT2D eigenvalue weighted by Gasteiger charge is 2.29. The molecule has 1 unspecified atom stereocenters. The third-order valence-corrected chi connectivity index (χ3v) is 4.91. The molecule has 3 rings (SSSR count). The summed E-state index contributed by atoms with van der Waals surface area (Å²) in [6.45, 7) is 3.39. The Morgan fingerprint density at radius 3 is 2.48 bits per heavy atom. The van der Waals surface area contributed by atoms with Crippen LogP contribution < -0.4 is 0 Å². The summed E-state index contributed by atoms with van der Waals surface area (Å²) in [5.41, 5.74) is 1.27. The van der Waals surface area contributed by atoms with Gasteiger partial charge in [0.25, 0.3) is 0 Å². The first-order valence-corrected chi connectivity index (χ1v) is 8.71. The van der Waals surface area contributed by atoms with Gasteiger partial charge in [0.1, 0.15) is 0 Å². The largest absolute Gasteiger partial charge is 0.478 e. The molecule has 1 amide bonds. The first kappa shape index (κ1) is 17.2. The molecule has 0 spiro atoms. The van der Waals surface area contributed by atoms with Crippen LogP contribution in [0, 0.1) is 0 Å². The number of aromatic nitrogens is 2. The van der Waals surface area contributed by atoms with Crippen LogP contribution in [0.1, 0.15) is 54.1 Å². The van der Waals surface area contributed by atoms with Crippen molar-refractivity contribution >= 4 is 11.9 Å². The van der Waals surface area contributed by atoms with E-state index in [1.165, 1.54) is 6.20 Å². The number of hydrogen-bond acceptors (Lipinski definition) is 3. The third-order valence-electron chi connectivity index (χ3n) is 4.91. The summed E-state index contributed by atoms with van der Waals surface area (Å²) in [6, 6.07) is 10.1. The maximum atomic E-state index is 12.9. The summed E-state index contributed by atoms with van der Waals surface area (Å²) in [7, 11) is 0. The zero-order chi connectivity index (χ0) is 17.8. The molecule has 1 aromatic carbocycles. The summed E-state index contributed by atoms with van der Waals surface area (Å²) >= 11 is 0. The van der Waals surface area contributed by atoms with Crippen LogP contribution in [0.2, 0.25) is 0 Å². The number of carbonyl (C=O) groups is 2. The number of rotatable bonds is 5. The van der Waals surface area contributed by atoms with E-state index in [0.717, 1.165) is 24.8 Å². The lowest BCUT2D eigenvalue weighted by atomic mass is 9.93. The minimum atomic E-state index is -0.965. The number of hydrogen-bond donors (Lipinski definition) is 1. The first-order valence-electron chi connectivity index (χ1n) is 8.71. The maximum absolute atomic E-state index is 12.9. The highest BCUT2D eigenvalue weighted by atomic mass is 16.4. The van der Waals surface area contributed by atoms with Crippen molar-refractivity contribution in [2.24, 2.45) is 0 Å². The van der Waals surface area contributed by atoms with E-state index in [0.29, 0.717) is 13.1 Å². The van der Waals surface area contributed by atoms with Crippen LogP contribution in [0.25, 0.3) is 0 Å². The second-order valence-corrected chi connectivity index (χ2v) is 6.44. The molecule has 1 aliphatic rings. The summed E-state index contributed by atoms with van der Waals surface area (Å²) in [6.07, 6.45) is 5.31. The van der Waals surface area contributed by atoms with E-state index in [9.17, 15) is 9.59 Å². The lowest BCUT2D eigenvalue weighted by Crippen LogP contribution is -2.41. The number of carboxylic acid groups (broad SMARTS) is 1. The monoisotopic (exact) mass is 341 g/mol. The Morgan fingerprint density at radius 1 is 1.24 bits per heavy atom. The summed E-state index contributed by atoms with van der Waals surface area (Å²) in [4.78, 5) is 25.8. The van der Waals surface area contributed by atoms with Crippen LogP contribution in [-0.2, 0) is 4.79 Å². The zero-order valence-corrected chi connectivity index (χ0v) is 14.3. The highest BCUT2D eigenvalue weighted by molar-refractivity contribution is 5.86. The van der Waals surface area contributed by atoms with Crippen LogP contribution in [0.4, 0.5) is 0 Å². The molecule has 1 saturated heterocycles. The molecule has 132 valence electrons. The number of aromatic carboxylic acids is 1. The molecule has 0 radical (unpaired) electrons. The summed E-state index contributed by atoms with van der Waals surface area (Å²) in [5, 5.41) is 13.2. The fourth-order valence-corrected chi connectivity index (χ4v) is 3.46. The summed E-state index contributed by atoms with van der Waals surface area (Å²) in [5.74, 6) is -0.882. The SMILES string of the molecule is CCC(C(=O)N1CCC(n2cc(C(=O)O)cn2)CC1)c1ccccc1. The Balaban J connectivity index is 1.63. The average molecular weight is 341 g/mol. The van der Waals surface area contributed by atoms with Gasteiger partial charge >= 0.3 is 5.97 Å². The van der Waals surface area contributed by atoms with Gasteiger partial charge in [0.2, 0.25) is 5.91 Å². The molecule has 6 nitrogen and oxygen atoms in total. The molecular weight excluding hydrogens is 318 g/mol. The molecular formula is C19H23N3O3. The van der Waals surface area contributed by atoms with Gasteiger partial charge in [-0.3, -0.25) is 9.48 Å². The van der Waals surface area contributed by atoms with Crippen molar-refractivity contribution in [3.05, 3.63) is 53.9 Å². The molecule has 25 heavy (non-hydrogen) atoms. The second kappa shape index (κ2) is 7.51. The smallest absolute Gasteiger partial charge is 0.338 e. The van der Waals surface area contributed by atoms with Crippen LogP contribution in [0.15, 0.2) is 42.7 Å². The van der Waals surface area contributed by atoms with Gasteiger partial charge in [0, 0.05) is 19.3 Å². The van der Waals surface area contributed by atoms with Crippen LogP contribution in [0.5, 0.6) is 0 Å². The number of nitrogens with zero attached hydrogens (tertiary/aromatic N) is 3. The molecule has 1 atom stereocenters. The second-order valence-electron chi connectivity index (χ2n) is 6.44. The van der Waals surface area contributed by atoms with Crippen molar-refractivity contribution in [2.75, 3.05) is 13.1 Å². The normalized spacial score (nSPS) is 16.6. The fraction of sp³-hybridized carbons (Fsp3) is 0.421. The number of benzene rings is 1. The summed E-state index contributed by atoms with van der Waals surface area (Å²) < 4.78 is 1.72. The first-order chi connectivity index (χ1) is 12.1. The van der Waals surface area contributed by atoms with Crippen molar-refractivity contribution in [3.63, 3.8) is 0 Å².